The quantitative estimate of drug-likeness (QED) is 0.394. The lowest BCUT2D eigenvalue weighted by Gasteiger charge is -1.88. The molecular formula is C4H6BN3. The summed E-state index contributed by atoms with van der Waals surface area (Å²) in [7, 11) is 7.20. The predicted octanol–water partition coefficient (Wildman–Crippen LogP) is -1.08. The maximum atomic E-state index is 5.44. The van der Waals surface area contributed by atoms with Crippen molar-refractivity contribution in [2.75, 3.05) is 0 Å². The Kier molecular flexibility index (Phi) is 1.08. The van der Waals surface area contributed by atoms with Gasteiger partial charge in [-0.05, 0) is 6.92 Å². The van der Waals surface area contributed by atoms with E-state index in [1.807, 2.05) is 6.92 Å². The van der Waals surface area contributed by atoms with E-state index in [9.17, 15) is 0 Å². The summed E-state index contributed by atoms with van der Waals surface area (Å²) >= 11 is 0. The van der Waals surface area contributed by atoms with Gasteiger partial charge in [-0.15, -0.1) is 5.10 Å². The maximum Gasteiger partial charge on any atom is 0.143 e. The third-order valence-electron chi connectivity index (χ3n) is 1.05. The van der Waals surface area contributed by atoms with E-state index in [1.54, 1.807) is 7.05 Å². The summed E-state index contributed by atoms with van der Waals surface area (Å²) in [4.78, 5) is 0. The van der Waals surface area contributed by atoms with Gasteiger partial charge in [-0.2, -0.15) is 0 Å². The Bertz CT molecular complexity index is 174. The Morgan fingerprint density at radius 2 is 2.25 bits per heavy atom. The average molecular weight is 107 g/mol. The molecular weight excluding hydrogens is 101 g/mol. The molecule has 0 aliphatic heterocycles. The molecule has 0 saturated heterocycles. The van der Waals surface area contributed by atoms with Gasteiger partial charge >= 0.3 is 0 Å². The number of rotatable bonds is 0. The minimum Gasteiger partial charge on any atom is -0.263 e. The Labute approximate surface area is 49.1 Å². The molecule has 8 heavy (non-hydrogen) atoms. The number of aryl methyl sites for hydroxylation is 2. The lowest BCUT2D eigenvalue weighted by molar-refractivity contribution is 0.728. The number of hydrogen-bond acceptors (Lipinski definition) is 2. The Hall–Kier alpha value is -0.795. The molecule has 0 atom stereocenters. The minimum absolute atomic E-state index is 0.630. The standard InChI is InChI=1S/C4H6BN3/c1-3-4(5)8(2)7-6-3/h1-2H3. The van der Waals surface area contributed by atoms with E-state index in [2.05, 4.69) is 10.3 Å². The molecule has 1 aromatic heterocycles. The van der Waals surface area contributed by atoms with Gasteiger partial charge in [0, 0.05) is 12.6 Å². The fourth-order valence-electron chi connectivity index (χ4n) is 0.468. The molecule has 0 fully saturated rings. The van der Waals surface area contributed by atoms with Crippen LogP contribution < -0.4 is 5.59 Å². The molecule has 0 saturated carbocycles. The minimum atomic E-state index is 0.630. The first-order valence-corrected chi connectivity index (χ1v) is 2.33. The average Bonchev–Trinajstić information content (AvgIpc) is 1.98. The van der Waals surface area contributed by atoms with Crippen LogP contribution in [0.15, 0.2) is 0 Å². The third kappa shape index (κ3) is 0.618. The summed E-state index contributed by atoms with van der Waals surface area (Å²) < 4.78 is 1.54. The zero-order valence-corrected chi connectivity index (χ0v) is 4.92. The molecule has 0 amide bonds. The first kappa shape index (κ1) is 5.34. The largest absolute Gasteiger partial charge is 0.263 e. The van der Waals surface area contributed by atoms with Crippen molar-refractivity contribution in [1.82, 2.24) is 15.0 Å². The summed E-state index contributed by atoms with van der Waals surface area (Å²) in [5.74, 6) is 0. The van der Waals surface area contributed by atoms with Gasteiger partial charge in [0.15, 0.2) is 0 Å². The van der Waals surface area contributed by atoms with Crippen molar-refractivity contribution in [2.45, 2.75) is 6.92 Å². The summed E-state index contributed by atoms with van der Waals surface area (Å²) in [6.45, 7) is 1.82. The maximum absolute atomic E-state index is 5.44. The second-order valence-corrected chi connectivity index (χ2v) is 1.68. The molecule has 40 valence electrons. The molecule has 0 spiro atoms. The van der Waals surface area contributed by atoms with E-state index in [4.69, 9.17) is 7.85 Å². The van der Waals surface area contributed by atoms with E-state index >= 15 is 0 Å². The fraction of sp³-hybridized carbons (Fsp3) is 0.500. The monoisotopic (exact) mass is 107 g/mol. The highest BCUT2D eigenvalue weighted by Crippen LogP contribution is 1.77. The zero-order valence-electron chi connectivity index (χ0n) is 4.92. The van der Waals surface area contributed by atoms with Crippen LogP contribution in [0.2, 0.25) is 0 Å². The van der Waals surface area contributed by atoms with Crippen molar-refractivity contribution >= 4 is 13.4 Å². The highest BCUT2D eigenvalue weighted by molar-refractivity contribution is 6.31. The second kappa shape index (κ2) is 1.61. The zero-order chi connectivity index (χ0) is 6.15. The van der Waals surface area contributed by atoms with Crippen molar-refractivity contribution in [3.05, 3.63) is 5.69 Å². The summed E-state index contributed by atoms with van der Waals surface area (Å²) in [6.07, 6.45) is 0. The Balaban J connectivity index is 3.19. The highest BCUT2D eigenvalue weighted by atomic mass is 15.4. The van der Waals surface area contributed by atoms with Gasteiger partial charge < -0.3 is 0 Å². The van der Waals surface area contributed by atoms with Gasteiger partial charge in [-0.3, -0.25) is 4.68 Å². The summed E-state index contributed by atoms with van der Waals surface area (Å²) in [5, 5.41) is 7.36. The molecule has 0 aliphatic rings. The van der Waals surface area contributed by atoms with Crippen LogP contribution in [-0.4, -0.2) is 22.8 Å². The first-order chi connectivity index (χ1) is 3.72. The molecule has 0 unspecified atom stereocenters. The van der Waals surface area contributed by atoms with Gasteiger partial charge in [0.05, 0.1) is 5.69 Å². The van der Waals surface area contributed by atoms with Crippen LogP contribution in [0.1, 0.15) is 5.69 Å². The molecule has 2 radical (unpaired) electrons. The van der Waals surface area contributed by atoms with Crippen molar-refractivity contribution in [3.8, 4) is 0 Å². The van der Waals surface area contributed by atoms with Gasteiger partial charge in [0.25, 0.3) is 0 Å². The van der Waals surface area contributed by atoms with Crippen LogP contribution >= 0.6 is 0 Å². The van der Waals surface area contributed by atoms with E-state index in [0.717, 1.165) is 5.69 Å². The molecule has 1 aromatic rings. The van der Waals surface area contributed by atoms with Crippen molar-refractivity contribution < 1.29 is 0 Å². The fourth-order valence-corrected chi connectivity index (χ4v) is 0.468. The first-order valence-electron chi connectivity index (χ1n) is 2.33. The van der Waals surface area contributed by atoms with E-state index in [0.29, 0.717) is 5.59 Å². The number of nitrogens with zero attached hydrogens (tertiary/aromatic N) is 3. The van der Waals surface area contributed by atoms with Crippen LogP contribution in [0, 0.1) is 6.92 Å². The lowest BCUT2D eigenvalue weighted by Crippen LogP contribution is -2.16. The van der Waals surface area contributed by atoms with Crippen LogP contribution in [0.3, 0.4) is 0 Å². The molecule has 0 aliphatic carbocycles. The molecule has 1 rings (SSSR count). The smallest absolute Gasteiger partial charge is 0.143 e. The van der Waals surface area contributed by atoms with Gasteiger partial charge in [0.2, 0.25) is 0 Å². The van der Waals surface area contributed by atoms with Crippen molar-refractivity contribution in [2.24, 2.45) is 7.05 Å². The van der Waals surface area contributed by atoms with Gasteiger partial charge in [-0.25, -0.2) is 0 Å². The predicted molar refractivity (Wildman–Crippen MR) is 31.1 cm³/mol. The van der Waals surface area contributed by atoms with Crippen LogP contribution in [0.5, 0.6) is 0 Å². The topological polar surface area (TPSA) is 30.7 Å². The van der Waals surface area contributed by atoms with Gasteiger partial charge in [-0.1, -0.05) is 5.21 Å². The van der Waals surface area contributed by atoms with E-state index in [-0.39, 0.29) is 0 Å². The van der Waals surface area contributed by atoms with Crippen molar-refractivity contribution in [1.29, 1.82) is 0 Å². The Morgan fingerprint density at radius 3 is 2.38 bits per heavy atom. The van der Waals surface area contributed by atoms with Crippen molar-refractivity contribution in [3.63, 3.8) is 0 Å². The normalized spacial score (nSPS) is 9.75. The highest BCUT2D eigenvalue weighted by Gasteiger charge is 1.95. The van der Waals surface area contributed by atoms with Gasteiger partial charge in [0.1, 0.15) is 7.85 Å². The lowest BCUT2D eigenvalue weighted by atomic mass is 10.0. The number of aromatic nitrogens is 3. The SMILES string of the molecule is [B]c1c(C)nnn1C. The third-order valence-corrected chi connectivity index (χ3v) is 1.05. The number of hydrogen-bond donors (Lipinski definition) is 0. The molecule has 0 aromatic carbocycles. The molecule has 4 heteroatoms. The van der Waals surface area contributed by atoms with Crippen LogP contribution in [0.25, 0.3) is 0 Å². The molecule has 0 N–H and O–H groups in total. The van der Waals surface area contributed by atoms with Crippen LogP contribution in [0.4, 0.5) is 0 Å². The molecule has 3 nitrogen and oxygen atoms in total. The van der Waals surface area contributed by atoms with E-state index in [1.165, 1.54) is 4.68 Å². The van der Waals surface area contributed by atoms with Crippen LogP contribution in [-0.2, 0) is 7.05 Å². The summed E-state index contributed by atoms with van der Waals surface area (Å²) in [6, 6.07) is 0. The molecule has 0 bridgehead atoms. The summed E-state index contributed by atoms with van der Waals surface area (Å²) in [5.41, 5.74) is 1.41. The Morgan fingerprint density at radius 1 is 1.62 bits per heavy atom. The second-order valence-electron chi connectivity index (χ2n) is 1.68. The van der Waals surface area contributed by atoms with E-state index < -0.39 is 0 Å². The molecule has 1 heterocycles.